The predicted molar refractivity (Wildman–Crippen MR) is 53.9 cm³/mol. The molecule has 14 heavy (non-hydrogen) atoms. The molecule has 5 nitrogen and oxygen atoms in total. The van der Waals surface area contributed by atoms with Crippen molar-refractivity contribution in [3.63, 3.8) is 0 Å². The number of rotatable bonds is 6. The van der Waals surface area contributed by atoms with E-state index >= 15 is 0 Å². The van der Waals surface area contributed by atoms with Crippen LogP contribution in [-0.4, -0.2) is 59.9 Å². The molecule has 0 rings (SSSR count). The Hall–Kier alpha value is -0.650. The first-order chi connectivity index (χ1) is 6.44. The first-order valence-corrected chi connectivity index (χ1v) is 4.63. The maximum absolute atomic E-state index is 11.2. The number of aliphatic hydroxyl groups is 2. The largest absolute Gasteiger partial charge is 0.395 e. The summed E-state index contributed by atoms with van der Waals surface area (Å²) in [7, 11) is 1.77. The zero-order chi connectivity index (χ0) is 11.2. The van der Waals surface area contributed by atoms with Crippen LogP contribution in [0.2, 0.25) is 0 Å². The second kappa shape index (κ2) is 5.95. The first-order valence-electron chi connectivity index (χ1n) is 4.63. The number of carbonyl (C=O) groups excluding carboxylic acids is 1. The minimum absolute atomic E-state index is 0.00319. The predicted octanol–water partition coefficient (Wildman–Crippen LogP) is -1.20. The molecule has 1 amide bonds. The van der Waals surface area contributed by atoms with Gasteiger partial charge in [0.2, 0.25) is 5.91 Å². The summed E-state index contributed by atoms with van der Waals surface area (Å²) >= 11 is 0. The molecule has 0 bridgehead atoms. The maximum atomic E-state index is 11.2. The van der Waals surface area contributed by atoms with E-state index in [1.165, 1.54) is 0 Å². The molecule has 0 atom stereocenters. The fourth-order valence-electron chi connectivity index (χ4n) is 0.801. The van der Waals surface area contributed by atoms with Crippen molar-refractivity contribution < 1.29 is 15.0 Å². The lowest BCUT2D eigenvalue weighted by atomic mass is 10.1. The Kier molecular flexibility index (Phi) is 5.68. The number of nitrogens with zero attached hydrogens (tertiary/aromatic N) is 1. The van der Waals surface area contributed by atoms with Gasteiger partial charge in [0, 0.05) is 12.1 Å². The van der Waals surface area contributed by atoms with Crippen LogP contribution in [-0.2, 0) is 4.79 Å². The SMILES string of the molecule is CN(CC(=O)NCCO)C(C)(C)CO. The van der Waals surface area contributed by atoms with Crippen LogP contribution in [0, 0.1) is 0 Å². The molecule has 0 saturated carbocycles. The highest BCUT2D eigenvalue weighted by Crippen LogP contribution is 2.09. The summed E-state index contributed by atoms with van der Waals surface area (Å²) in [6.07, 6.45) is 0. The van der Waals surface area contributed by atoms with E-state index in [0.717, 1.165) is 0 Å². The molecule has 0 radical (unpaired) electrons. The third-order valence-electron chi connectivity index (χ3n) is 2.24. The molecule has 0 aliphatic rings. The van der Waals surface area contributed by atoms with Gasteiger partial charge in [-0.25, -0.2) is 0 Å². The van der Waals surface area contributed by atoms with Crippen molar-refractivity contribution in [3.05, 3.63) is 0 Å². The van der Waals surface area contributed by atoms with E-state index in [4.69, 9.17) is 10.2 Å². The Morgan fingerprint density at radius 3 is 2.43 bits per heavy atom. The van der Waals surface area contributed by atoms with E-state index in [2.05, 4.69) is 5.32 Å². The number of likely N-dealkylation sites (N-methyl/N-ethyl adjacent to an activating group) is 1. The first kappa shape index (κ1) is 13.4. The van der Waals surface area contributed by atoms with Crippen LogP contribution in [0.3, 0.4) is 0 Å². The zero-order valence-electron chi connectivity index (χ0n) is 9.08. The molecule has 0 fully saturated rings. The smallest absolute Gasteiger partial charge is 0.234 e. The molecule has 84 valence electrons. The van der Waals surface area contributed by atoms with Gasteiger partial charge >= 0.3 is 0 Å². The summed E-state index contributed by atoms with van der Waals surface area (Å²) in [5, 5.41) is 20.1. The topological polar surface area (TPSA) is 72.8 Å². The van der Waals surface area contributed by atoms with Crippen molar-refractivity contribution >= 4 is 5.91 Å². The Balaban J connectivity index is 3.93. The minimum atomic E-state index is -0.406. The van der Waals surface area contributed by atoms with Crippen LogP contribution in [0.4, 0.5) is 0 Å². The number of carbonyl (C=O) groups is 1. The second-order valence-corrected chi connectivity index (χ2v) is 3.90. The molecule has 5 heteroatoms. The summed E-state index contributed by atoms with van der Waals surface area (Å²) in [6, 6.07) is 0. The molecule has 3 N–H and O–H groups in total. The van der Waals surface area contributed by atoms with Crippen LogP contribution in [0.15, 0.2) is 0 Å². The van der Waals surface area contributed by atoms with Gasteiger partial charge in [0.05, 0.1) is 19.8 Å². The lowest BCUT2D eigenvalue weighted by Gasteiger charge is -2.33. The van der Waals surface area contributed by atoms with E-state index < -0.39 is 5.54 Å². The molecule has 0 saturated heterocycles. The van der Waals surface area contributed by atoms with Gasteiger partial charge in [0.15, 0.2) is 0 Å². The highest BCUT2D eigenvalue weighted by molar-refractivity contribution is 5.78. The fourth-order valence-corrected chi connectivity index (χ4v) is 0.801. The van der Waals surface area contributed by atoms with Crippen molar-refractivity contribution in [3.8, 4) is 0 Å². The van der Waals surface area contributed by atoms with E-state index in [-0.39, 0.29) is 32.2 Å². The monoisotopic (exact) mass is 204 g/mol. The molecule has 0 aromatic carbocycles. The molecular weight excluding hydrogens is 184 g/mol. The summed E-state index contributed by atoms with van der Waals surface area (Å²) in [5.74, 6) is -0.150. The molecule has 0 heterocycles. The number of hydrogen-bond acceptors (Lipinski definition) is 4. The average molecular weight is 204 g/mol. The molecule has 0 aliphatic carbocycles. The van der Waals surface area contributed by atoms with Crippen molar-refractivity contribution in [1.82, 2.24) is 10.2 Å². The van der Waals surface area contributed by atoms with Gasteiger partial charge < -0.3 is 15.5 Å². The van der Waals surface area contributed by atoms with Crippen LogP contribution < -0.4 is 5.32 Å². The van der Waals surface area contributed by atoms with Crippen molar-refractivity contribution in [1.29, 1.82) is 0 Å². The highest BCUT2D eigenvalue weighted by Gasteiger charge is 2.23. The number of amides is 1. The summed E-state index contributed by atoms with van der Waals surface area (Å²) in [5.41, 5.74) is -0.406. The number of nitrogens with one attached hydrogen (secondary N) is 1. The second-order valence-electron chi connectivity index (χ2n) is 3.90. The molecule has 0 aliphatic heterocycles. The molecular formula is C9H20N2O3. The van der Waals surface area contributed by atoms with Gasteiger partial charge in [-0.2, -0.15) is 0 Å². The zero-order valence-corrected chi connectivity index (χ0v) is 9.08. The Morgan fingerprint density at radius 1 is 1.43 bits per heavy atom. The van der Waals surface area contributed by atoms with E-state index in [1.807, 2.05) is 13.8 Å². The maximum Gasteiger partial charge on any atom is 0.234 e. The van der Waals surface area contributed by atoms with Crippen molar-refractivity contribution in [2.75, 3.05) is 33.4 Å². The molecule has 0 spiro atoms. The average Bonchev–Trinajstić information content (AvgIpc) is 2.14. The lowest BCUT2D eigenvalue weighted by molar-refractivity contribution is -0.123. The van der Waals surface area contributed by atoms with Gasteiger partial charge in [-0.05, 0) is 20.9 Å². The van der Waals surface area contributed by atoms with Crippen LogP contribution in [0.25, 0.3) is 0 Å². The fraction of sp³-hybridized carbons (Fsp3) is 0.889. The standard InChI is InChI=1S/C9H20N2O3/c1-9(2,7-13)11(3)6-8(14)10-4-5-12/h12-13H,4-7H2,1-3H3,(H,10,14). The molecule has 0 unspecified atom stereocenters. The third-order valence-corrected chi connectivity index (χ3v) is 2.24. The van der Waals surface area contributed by atoms with E-state index in [1.54, 1.807) is 11.9 Å². The quantitative estimate of drug-likeness (QED) is 0.508. The van der Waals surface area contributed by atoms with Gasteiger partial charge in [-0.15, -0.1) is 0 Å². The van der Waals surface area contributed by atoms with Crippen LogP contribution in [0.5, 0.6) is 0 Å². The number of hydrogen-bond donors (Lipinski definition) is 3. The molecule has 0 aromatic heterocycles. The summed E-state index contributed by atoms with van der Waals surface area (Å²) in [6.45, 7) is 4.13. The normalized spacial score (nSPS) is 11.9. The van der Waals surface area contributed by atoms with Crippen molar-refractivity contribution in [2.24, 2.45) is 0 Å². The van der Waals surface area contributed by atoms with Gasteiger partial charge in [0.25, 0.3) is 0 Å². The van der Waals surface area contributed by atoms with Gasteiger partial charge in [-0.3, -0.25) is 9.69 Å². The van der Waals surface area contributed by atoms with Gasteiger partial charge in [-0.1, -0.05) is 0 Å². The van der Waals surface area contributed by atoms with Gasteiger partial charge in [0.1, 0.15) is 0 Å². The Labute approximate surface area is 84.7 Å². The highest BCUT2D eigenvalue weighted by atomic mass is 16.3. The van der Waals surface area contributed by atoms with Crippen LogP contribution in [0.1, 0.15) is 13.8 Å². The minimum Gasteiger partial charge on any atom is -0.395 e. The third kappa shape index (κ3) is 4.55. The summed E-state index contributed by atoms with van der Waals surface area (Å²) < 4.78 is 0. The number of aliphatic hydroxyl groups excluding tert-OH is 2. The Morgan fingerprint density at radius 2 is 2.00 bits per heavy atom. The van der Waals surface area contributed by atoms with E-state index in [0.29, 0.717) is 0 Å². The van der Waals surface area contributed by atoms with Crippen molar-refractivity contribution in [2.45, 2.75) is 19.4 Å². The summed E-state index contributed by atoms with van der Waals surface area (Å²) in [4.78, 5) is 13.0. The lowest BCUT2D eigenvalue weighted by Crippen LogP contribution is -2.49. The molecule has 0 aromatic rings. The van der Waals surface area contributed by atoms with E-state index in [9.17, 15) is 4.79 Å². The van der Waals surface area contributed by atoms with Crippen LogP contribution >= 0.6 is 0 Å². The Bertz CT molecular complexity index is 183.